The molecule has 1 aliphatic heterocycles. The number of anilines is 1. The highest BCUT2D eigenvalue weighted by molar-refractivity contribution is 5.79. The number of hydrogen-bond acceptors (Lipinski definition) is 5. The van der Waals surface area contributed by atoms with E-state index in [0.29, 0.717) is 0 Å². The number of hydrogen-bond donors (Lipinski definition) is 2. The number of methoxy groups -OCH3 is 2. The fraction of sp³-hybridized carbons (Fsp3) is 0.409. The summed E-state index contributed by atoms with van der Waals surface area (Å²) in [6.45, 7) is 3.49. The van der Waals surface area contributed by atoms with E-state index in [1.807, 2.05) is 55.5 Å². The van der Waals surface area contributed by atoms with E-state index < -0.39 is 0 Å². The first-order valence-electron chi connectivity index (χ1n) is 9.60. The predicted molar refractivity (Wildman–Crippen MR) is 111 cm³/mol. The molecule has 1 aliphatic rings. The molecular weight excluding hydrogens is 354 g/mol. The van der Waals surface area contributed by atoms with Crippen LogP contribution in [0.2, 0.25) is 0 Å². The maximum atomic E-state index is 12.7. The first-order valence-corrected chi connectivity index (χ1v) is 9.60. The summed E-state index contributed by atoms with van der Waals surface area (Å²) in [4.78, 5) is 14.9. The summed E-state index contributed by atoms with van der Waals surface area (Å²) in [5, 5.41) is 3.16. The molecule has 1 fully saturated rings. The van der Waals surface area contributed by atoms with Crippen LogP contribution in [-0.2, 0) is 4.79 Å². The Hall–Kier alpha value is -2.73. The van der Waals surface area contributed by atoms with E-state index in [1.54, 1.807) is 14.2 Å². The van der Waals surface area contributed by atoms with Crippen molar-refractivity contribution in [2.45, 2.75) is 25.4 Å². The van der Waals surface area contributed by atoms with E-state index in [-0.39, 0.29) is 23.9 Å². The fourth-order valence-corrected chi connectivity index (χ4v) is 3.55. The summed E-state index contributed by atoms with van der Waals surface area (Å²) < 4.78 is 10.7. The molecular formula is C22H29N3O3. The molecule has 2 aromatic rings. The topological polar surface area (TPSA) is 76.8 Å². The Morgan fingerprint density at radius 2 is 1.79 bits per heavy atom. The van der Waals surface area contributed by atoms with Gasteiger partial charge >= 0.3 is 0 Å². The Labute approximate surface area is 166 Å². The number of ether oxygens (including phenoxy) is 2. The normalized spacial score (nSPS) is 18.4. The van der Waals surface area contributed by atoms with Gasteiger partial charge in [0.05, 0.1) is 20.1 Å². The van der Waals surface area contributed by atoms with Gasteiger partial charge in [0.1, 0.15) is 11.5 Å². The van der Waals surface area contributed by atoms with E-state index in [9.17, 15) is 4.79 Å². The van der Waals surface area contributed by atoms with Crippen LogP contribution in [0.1, 0.15) is 24.9 Å². The van der Waals surface area contributed by atoms with Gasteiger partial charge in [-0.05, 0) is 12.0 Å². The molecule has 3 atom stereocenters. The van der Waals surface area contributed by atoms with Gasteiger partial charge in [-0.3, -0.25) is 4.79 Å². The second-order valence-electron chi connectivity index (χ2n) is 7.24. The zero-order chi connectivity index (χ0) is 20.1. The van der Waals surface area contributed by atoms with Crippen LogP contribution in [0.3, 0.4) is 0 Å². The molecule has 150 valence electrons. The first kappa shape index (κ1) is 20.0. The average molecular weight is 383 g/mol. The van der Waals surface area contributed by atoms with Crippen LogP contribution < -0.4 is 25.4 Å². The van der Waals surface area contributed by atoms with Crippen molar-refractivity contribution in [3.05, 3.63) is 54.1 Å². The van der Waals surface area contributed by atoms with E-state index in [4.69, 9.17) is 15.2 Å². The Morgan fingerprint density at radius 1 is 1.14 bits per heavy atom. The molecule has 0 radical (unpaired) electrons. The lowest BCUT2D eigenvalue weighted by Gasteiger charge is -2.23. The molecule has 1 saturated heterocycles. The van der Waals surface area contributed by atoms with Crippen LogP contribution in [0.15, 0.2) is 48.5 Å². The summed E-state index contributed by atoms with van der Waals surface area (Å²) in [7, 11) is 3.28. The molecule has 2 aromatic carbocycles. The largest absolute Gasteiger partial charge is 0.497 e. The van der Waals surface area contributed by atoms with E-state index in [0.717, 1.165) is 42.3 Å². The van der Waals surface area contributed by atoms with Gasteiger partial charge in [-0.2, -0.15) is 0 Å². The van der Waals surface area contributed by atoms with Gasteiger partial charge in [-0.15, -0.1) is 0 Å². The fourth-order valence-electron chi connectivity index (χ4n) is 3.55. The molecule has 0 aliphatic carbocycles. The number of amides is 1. The van der Waals surface area contributed by atoms with Crippen molar-refractivity contribution in [1.82, 2.24) is 5.32 Å². The molecule has 3 rings (SSSR count). The van der Waals surface area contributed by atoms with Crippen molar-refractivity contribution in [2.75, 3.05) is 32.2 Å². The predicted octanol–water partition coefficient (Wildman–Crippen LogP) is 2.73. The molecule has 0 aromatic heterocycles. The van der Waals surface area contributed by atoms with E-state index in [1.165, 1.54) is 0 Å². The van der Waals surface area contributed by atoms with Gasteiger partial charge in [-0.1, -0.05) is 37.3 Å². The van der Waals surface area contributed by atoms with Crippen LogP contribution in [0.25, 0.3) is 0 Å². The lowest BCUT2D eigenvalue weighted by Crippen LogP contribution is -2.42. The van der Waals surface area contributed by atoms with E-state index in [2.05, 4.69) is 10.2 Å². The standard InChI is InChI=1S/C22H29N3O3/c1-15(21(23)16-7-5-4-6-8-16)22(26)24-17-9-10-25(14-17)18-11-19(27-2)13-20(12-18)28-3/h4-8,11-13,15,17,21H,9-10,14,23H2,1-3H3,(H,24,26). The SMILES string of the molecule is COc1cc(OC)cc(N2CCC(NC(=O)C(C)C(N)c3ccccc3)C2)c1. The summed E-state index contributed by atoms with van der Waals surface area (Å²) in [5.41, 5.74) is 8.30. The van der Waals surface area contributed by atoms with Crippen molar-refractivity contribution in [3.63, 3.8) is 0 Å². The minimum atomic E-state index is -0.318. The van der Waals surface area contributed by atoms with Gasteiger partial charge in [-0.25, -0.2) is 0 Å². The van der Waals surface area contributed by atoms with Crippen molar-refractivity contribution in [1.29, 1.82) is 0 Å². The molecule has 0 saturated carbocycles. The van der Waals surface area contributed by atoms with Crippen LogP contribution >= 0.6 is 0 Å². The number of nitrogens with two attached hydrogens (primary N) is 1. The monoisotopic (exact) mass is 383 g/mol. The van der Waals surface area contributed by atoms with Crippen LogP contribution in [0.5, 0.6) is 11.5 Å². The maximum Gasteiger partial charge on any atom is 0.225 e. The van der Waals surface area contributed by atoms with Crippen LogP contribution in [-0.4, -0.2) is 39.3 Å². The van der Waals surface area contributed by atoms with Gasteiger partial charge in [0, 0.05) is 49.1 Å². The van der Waals surface area contributed by atoms with Gasteiger partial charge in [0.15, 0.2) is 0 Å². The Bertz CT molecular complexity index is 775. The third-order valence-corrected chi connectivity index (χ3v) is 5.37. The summed E-state index contributed by atoms with van der Waals surface area (Å²) in [6, 6.07) is 15.4. The number of rotatable bonds is 7. The van der Waals surface area contributed by atoms with Crippen molar-refractivity contribution in [2.24, 2.45) is 11.7 Å². The number of benzene rings is 2. The lowest BCUT2D eigenvalue weighted by molar-refractivity contribution is -0.125. The molecule has 6 heteroatoms. The zero-order valence-electron chi connectivity index (χ0n) is 16.7. The minimum absolute atomic E-state index is 0.00794. The molecule has 1 heterocycles. The summed E-state index contributed by atoms with van der Waals surface area (Å²) in [5.74, 6) is 1.20. The minimum Gasteiger partial charge on any atom is -0.497 e. The Balaban J connectivity index is 1.60. The Morgan fingerprint density at radius 3 is 2.39 bits per heavy atom. The second-order valence-corrected chi connectivity index (χ2v) is 7.24. The quantitative estimate of drug-likeness (QED) is 0.769. The summed E-state index contributed by atoms with van der Waals surface area (Å²) >= 11 is 0. The van der Waals surface area contributed by atoms with Crippen molar-refractivity contribution < 1.29 is 14.3 Å². The van der Waals surface area contributed by atoms with Crippen molar-refractivity contribution in [3.8, 4) is 11.5 Å². The molecule has 28 heavy (non-hydrogen) atoms. The van der Waals surface area contributed by atoms with Crippen molar-refractivity contribution >= 4 is 11.6 Å². The third-order valence-electron chi connectivity index (χ3n) is 5.37. The van der Waals surface area contributed by atoms with Crippen LogP contribution in [0, 0.1) is 5.92 Å². The highest BCUT2D eigenvalue weighted by atomic mass is 16.5. The third kappa shape index (κ3) is 4.57. The average Bonchev–Trinajstić information content (AvgIpc) is 3.21. The maximum absolute atomic E-state index is 12.7. The first-order chi connectivity index (χ1) is 13.5. The zero-order valence-corrected chi connectivity index (χ0v) is 16.7. The summed E-state index contributed by atoms with van der Waals surface area (Å²) in [6.07, 6.45) is 0.887. The smallest absolute Gasteiger partial charge is 0.225 e. The molecule has 1 amide bonds. The molecule has 6 nitrogen and oxygen atoms in total. The lowest BCUT2D eigenvalue weighted by atomic mass is 9.94. The molecule has 0 spiro atoms. The molecule has 3 N–H and O–H groups in total. The van der Waals surface area contributed by atoms with Gasteiger partial charge < -0.3 is 25.4 Å². The van der Waals surface area contributed by atoms with Gasteiger partial charge in [0.2, 0.25) is 5.91 Å². The number of carbonyl (C=O) groups excluding carboxylic acids is 1. The van der Waals surface area contributed by atoms with E-state index >= 15 is 0 Å². The molecule has 0 bridgehead atoms. The number of nitrogens with one attached hydrogen (secondary N) is 1. The Kier molecular flexibility index (Phi) is 6.41. The van der Waals surface area contributed by atoms with Gasteiger partial charge in [0.25, 0.3) is 0 Å². The highest BCUT2D eigenvalue weighted by Gasteiger charge is 2.28. The number of nitrogens with zero attached hydrogens (tertiary/aromatic N) is 1. The second kappa shape index (κ2) is 8.97. The van der Waals surface area contributed by atoms with Crippen LogP contribution in [0.4, 0.5) is 5.69 Å². The highest BCUT2D eigenvalue weighted by Crippen LogP contribution is 2.30. The number of carbonyl (C=O) groups is 1. The molecule has 3 unspecified atom stereocenters.